The van der Waals surface area contributed by atoms with Crippen LogP contribution in [0.4, 0.5) is 0 Å². The molecule has 4 aromatic rings. The number of methoxy groups -OCH3 is 2. The van der Waals surface area contributed by atoms with Gasteiger partial charge in [0, 0.05) is 36.9 Å². The fourth-order valence-electron chi connectivity index (χ4n) is 1.96. The van der Waals surface area contributed by atoms with Gasteiger partial charge in [0.25, 0.3) is 0 Å². The minimum Gasteiger partial charge on any atom is -0.464 e. The van der Waals surface area contributed by atoms with Gasteiger partial charge in [-0.3, -0.25) is 4.57 Å². The molecule has 0 radical (unpaired) electrons. The second-order valence-corrected chi connectivity index (χ2v) is 6.50. The lowest BCUT2D eigenvalue weighted by Crippen LogP contribution is -2.07. The van der Waals surface area contributed by atoms with Crippen molar-refractivity contribution in [2.24, 2.45) is 0 Å². The van der Waals surface area contributed by atoms with Gasteiger partial charge in [-0.05, 0) is 23.2 Å². The standard InChI is InChI=1S/C9H7ClN4O2.C6H4Cl2N2O2.C3H4N2/c1-16-8(15)6-4-7(13-9(10)12-6)14-3-2-11-5-14;1-12-5(11)3-2-4(7)10-6(8)9-3;1-2-5-3-4-1/h2-5H,1H3;2H,1H3;1-3H,(H,4,5). The third-order valence-corrected chi connectivity index (χ3v) is 3.85. The van der Waals surface area contributed by atoms with Crippen molar-refractivity contribution in [1.82, 2.24) is 39.5 Å². The van der Waals surface area contributed by atoms with Gasteiger partial charge in [0.05, 0.1) is 20.5 Å². The molecule has 0 aliphatic carbocycles. The molecule has 15 heteroatoms. The first-order valence-electron chi connectivity index (χ1n) is 8.66. The largest absolute Gasteiger partial charge is 0.464 e. The van der Waals surface area contributed by atoms with Crippen LogP contribution in [0.25, 0.3) is 5.82 Å². The van der Waals surface area contributed by atoms with Crippen LogP contribution in [0.15, 0.2) is 49.6 Å². The number of hydrogen-bond donors (Lipinski definition) is 1. The number of halogens is 3. The summed E-state index contributed by atoms with van der Waals surface area (Å²) in [6, 6.07) is 2.75. The van der Waals surface area contributed by atoms with Gasteiger partial charge in [0.15, 0.2) is 11.4 Å². The van der Waals surface area contributed by atoms with Gasteiger partial charge in [0.2, 0.25) is 10.6 Å². The van der Waals surface area contributed by atoms with E-state index in [9.17, 15) is 9.59 Å². The molecule has 0 saturated carbocycles. The maximum atomic E-state index is 11.3. The lowest BCUT2D eigenvalue weighted by molar-refractivity contribution is 0.0585. The van der Waals surface area contributed by atoms with E-state index in [-0.39, 0.29) is 27.1 Å². The SMILES string of the molecule is COC(=O)c1cc(-n2ccnc2)nc(Cl)n1.COC(=O)c1cc(Cl)nc(Cl)n1.c1c[nH]cn1. The van der Waals surface area contributed by atoms with E-state index >= 15 is 0 Å². The molecule has 172 valence electrons. The van der Waals surface area contributed by atoms with E-state index < -0.39 is 11.9 Å². The van der Waals surface area contributed by atoms with Gasteiger partial charge in [-0.2, -0.15) is 4.98 Å². The molecular formula is C18H15Cl3N8O4. The lowest BCUT2D eigenvalue weighted by Gasteiger charge is -2.03. The van der Waals surface area contributed by atoms with Gasteiger partial charge in [-0.25, -0.2) is 34.5 Å². The summed E-state index contributed by atoms with van der Waals surface area (Å²) in [5, 5.41) is 0.00454. The predicted octanol–water partition coefficient (Wildman–Crippen LogP) is 3.08. The second kappa shape index (κ2) is 13.1. The summed E-state index contributed by atoms with van der Waals surface area (Å²) >= 11 is 16.6. The molecule has 0 unspecified atom stereocenters. The average molecular weight is 514 g/mol. The summed E-state index contributed by atoms with van der Waals surface area (Å²) in [5.41, 5.74) is 0.147. The van der Waals surface area contributed by atoms with Gasteiger partial charge in [-0.15, -0.1) is 0 Å². The molecule has 0 fully saturated rings. The Morgan fingerprint density at radius 2 is 1.52 bits per heavy atom. The molecule has 4 rings (SSSR count). The van der Waals surface area contributed by atoms with Crippen LogP contribution in [-0.2, 0) is 9.47 Å². The van der Waals surface area contributed by atoms with Gasteiger partial charge in [0.1, 0.15) is 17.3 Å². The Labute approximate surface area is 201 Å². The molecule has 0 aliphatic rings. The Morgan fingerprint density at radius 1 is 0.879 bits per heavy atom. The summed E-state index contributed by atoms with van der Waals surface area (Å²) in [6.07, 6.45) is 9.90. The van der Waals surface area contributed by atoms with Crippen molar-refractivity contribution in [3.8, 4) is 5.82 Å². The number of carbonyl (C=O) groups excluding carboxylic acids is 2. The molecule has 0 aliphatic heterocycles. The van der Waals surface area contributed by atoms with Crippen molar-refractivity contribution in [1.29, 1.82) is 0 Å². The number of nitrogens with one attached hydrogen (secondary N) is 1. The molecule has 12 nitrogen and oxygen atoms in total. The first-order valence-corrected chi connectivity index (χ1v) is 9.79. The van der Waals surface area contributed by atoms with E-state index in [0.29, 0.717) is 5.82 Å². The van der Waals surface area contributed by atoms with Crippen molar-refractivity contribution < 1.29 is 19.1 Å². The third-order valence-electron chi connectivity index (χ3n) is 3.32. The van der Waals surface area contributed by atoms with Crippen LogP contribution in [0.5, 0.6) is 0 Å². The van der Waals surface area contributed by atoms with E-state index in [1.54, 1.807) is 42.0 Å². The zero-order chi connectivity index (χ0) is 24.2. The highest BCUT2D eigenvalue weighted by Crippen LogP contribution is 2.12. The van der Waals surface area contributed by atoms with Crippen LogP contribution in [0.2, 0.25) is 15.7 Å². The van der Waals surface area contributed by atoms with E-state index in [1.165, 1.54) is 26.4 Å². The smallest absolute Gasteiger partial charge is 0.356 e. The monoisotopic (exact) mass is 512 g/mol. The Kier molecular flexibility index (Phi) is 10.1. The molecule has 1 N–H and O–H groups in total. The summed E-state index contributed by atoms with van der Waals surface area (Å²) in [6.45, 7) is 0. The van der Waals surface area contributed by atoms with Gasteiger partial charge < -0.3 is 14.5 Å². The molecule has 4 aromatic heterocycles. The van der Waals surface area contributed by atoms with Crippen molar-refractivity contribution in [3.63, 3.8) is 0 Å². The van der Waals surface area contributed by atoms with E-state index in [1.807, 2.05) is 0 Å². The molecule has 0 bridgehead atoms. The van der Waals surface area contributed by atoms with Crippen LogP contribution < -0.4 is 0 Å². The van der Waals surface area contributed by atoms with E-state index in [2.05, 4.69) is 44.4 Å². The first kappa shape index (κ1) is 25.6. The maximum absolute atomic E-state index is 11.3. The molecule has 0 aromatic carbocycles. The molecule has 0 amide bonds. The number of H-pyrrole nitrogens is 1. The Morgan fingerprint density at radius 3 is 1.97 bits per heavy atom. The molecule has 33 heavy (non-hydrogen) atoms. The predicted molar refractivity (Wildman–Crippen MR) is 117 cm³/mol. The first-order chi connectivity index (χ1) is 15.8. The van der Waals surface area contributed by atoms with Crippen LogP contribution in [0.1, 0.15) is 21.0 Å². The molecule has 0 atom stereocenters. The van der Waals surface area contributed by atoms with Crippen LogP contribution in [0, 0.1) is 0 Å². The summed E-state index contributed by atoms with van der Waals surface area (Å²) in [5.74, 6) is -0.704. The Bertz CT molecular complexity index is 1140. The highest BCUT2D eigenvalue weighted by Gasteiger charge is 2.12. The molecule has 0 spiro atoms. The summed E-state index contributed by atoms with van der Waals surface area (Å²) < 4.78 is 10.6. The highest BCUT2D eigenvalue weighted by molar-refractivity contribution is 6.32. The number of aromatic amines is 1. The zero-order valence-corrected chi connectivity index (χ0v) is 19.3. The Hall–Kier alpha value is -3.61. The summed E-state index contributed by atoms with van der Waals surface area (Å²) in [4.78, 5) is 47.3. The summed E-state index contributed by atoms with van der Waals surface area (Å²) in [7, 11) is 2.52. The molecule has 4 heterocycles. The van der Waals surface area contributed by atoms with Crippen molar-refractivity contribution >= 4 is 46.7 Å². The number of aromatic nitrogens is 8. The minimum absolute atomic E-state index is 0.0217. The van der Waals surface area contributed by atoms with E-state index in [0.717, 1.165) is 0 Å². The number of imidazole rings is 2. The quantitative estimate of drug-likeness (QED) is 0.246. The topological polar surface area (TPSA) is 151 Å². The van der Waals surface area contributed by atoms with Gasteiger partial charge >= 0.3 is 11.9 Å². The number of rotatable bonds is 3. The van der Waals surface area contributed by atoms with Crippen LogP contribution in [0.3, 0.4) is 0 Å². The average Bonchev–Trinajstić information content (AvgIpc) is 3.54. The number of ether oxygens (including phenoxy) is 2. The van der Waals surface area contributed by atoms with E-state index in [4.69, 9.17) is 34.8 Å². The fourth-order valence-corrected chi connectivity index (χ4v) is 2.54. The zero-order valence-electron chi connectivity index (χ0n) is 17.0. The number of carbonyl (C=O) groups is 2. The molecule has 0 saturated heterocycles. The lowest BCUT2D eigenvalue weighted by atomic mass is 10.4. The van der Waals surface area contributed by atoms with Crippen molar-refractivity contribution in [3.05, 3.63) is 76.7 Å². The van der Waals surface area contributed by atoms with Crippen LogP contribution >= 0.6 is 34.8 Å². The second-order valence-electron chi connectivity index (χ2n) is 5.44. The van der Waals surface area contributed by atoms with Crippen molar-refractivity contribution in [2.45, 2.75) is 0 Å². The normalized spacial score (nSPS) is 9.61. The minimum atomic E-state index is -0.596. The number of nitrogens with zero attached hydrogens (tertiary/aromatic N) is 7. The fraction of sp³-hybridized carbons (Fsp3) is 0.111. The molecular weight excluding hydrogens is 499 g/mol. The number of esters is 2. The third kappa shape index (κ3) is 8.44. The van der Waals surface area contributed by atoms with Crippen molar-refractivity contribution in [2.75, 3.05) is 14.2 Å². The maximum Gasteiger partial charge on any atom is 0.356 e. The van der Waals surface area contributed by atoms with Gasteiger partial charge in [-0.1, -0.05) is 11.6 Å². The number of hydrogen-bond acceptors (Lipinski definition) is 10. The Balaban J connectivity index is 0.000000198. The van der Waals surface area contributed by atoms with Crippen LogP contribution in [-0.4, -0.2) is 65.6 Å². The highest BCUT2D eigenvalue weighted by atomic mass is 35.5.